The molecule has 0 saturated heterocycles. The molecule has 0 aliphatic rings. The Hall–Kier alpha value is -1.32. The van der Waals surface area contributed by atoms with Gasteiger partial charge >= 0.3 is 0 Å². The molecule has 112 valence electrons. The fraction of sp³-hybridized carbons (Fsp3) is 0.333. The van der Waals surface area contributed by atoms with Crippen LogP contribution in [0.3, 0.4) is 0 Å². The fourth-order valence-electron chi connectivity index (χ4n) is 2.44. The lowest BCUT2D eigenvalue weighted by Gasteiger charge is -2.26. The van der Waals surface area contributed by atoms with Crippen LogP contribution in [0.5, 0.6) is 0 Å². The Bertz CT molecular complexity index is 554. The van der Waals surface area contributed by atoms with Crippen LogP contribution in [0.25, 0.3) is 0 Å². The number of halogens is 1. The average molecular weight is 347 g/mol. The zero-order valence-electron chi connectivity index (χ0n) is 12.8. The molecule has 2 aromatic rings. The molecule has 0 unspecified atom stereocenters. The molecule has 2 nitrogen and oxygen atoms in total. The Labute approximate surface area is 136 Å². The summed E-state index contributed by atoms with van der Waals surface area (Å²) in [7, 11) is 0. The molecule has 1 N–H and O–H groups in total. The zero-order valence-corrected chi connectivity index (χ0v) is 14.4. The third-order valence-corrected chi connectivity index (χ3v) is 3.96. The molecule has 0 fully saturated rings. The monoisotopic (exact) mass is 346 g/mol. The second-order valence-corrected chi connectivity index (χ2v) is 5.95. The minimum atomic E-state index is 0.903. The summed E-state index contributed by atoms with van der Waals surface area (Å²) in [4.78, 5) is 2.35. The average Bonchev–Trinajstić information content (AvgIpc) is 2.51. The molecule has 0 aliphatic carbocycles. The molecule has 0 spiro atoms. The highest BCUT2D eigenvalue weighted by Gasteiger charge is 2.12. The number of hydrogen-bond acceptors (Lipinski definition) is 2. The van der Waals surface area contributed by atoms with E-state index in [1.54, 1.807) is 0 Å². The largest absolute Gasteiger partial charge is 0.341 e. The third-order valence-electron chi connectivity index (χ3n) is 3.46. The topological polar surface area (TPSA) is 15.3 Å². The Balaban J connectivity index is 2.33. The minimum Gasteiger partial charge on any atom is -0.341 e. The van der Waals surface area contributed by atoms with E-state index >= 15 is 0 Å². The van der Waals surface area contributed by atoms with Crippen molar-refractivity contribution >= 4 is 27.3 Å². The van der Waals surface area contributed by atoms with Gasteiger partial charge in [-0.3, -0.25) is 0 Å². The van der Waals surface area contributed by atoms with E-state index in [4.69, 9.17) is 0 Å². The quantitative estimate of drug-likeness (QED) is 0.701. The van der Waals surface area contributed by atoms with Gasteiger partial charge in [-0.2, -0.15) is 0 Å². The minimum absolute atomic E-state index is 0.903. The van der Waals surface area contributed by atoms with Crippen LogP contribution >= 0.6 is 15.9 Å². The summed E-state index contributed by atoms with van der Waals surface area (Å²) in [5.41, 5.74) is 3.83. The SMILES string of the molecule is CCCNCc1ccc(Br)cc1N(CC)c1ccccc1. The van der Waals surface area contributed by atoms with Gasteiger partial charge < -0.3 is 10.2 Å². The highest BCUT2D eigenvalue weighted by molar-refractivity contribution is 9.10. The molecule has 0 heterocycles. The Morgan fingerprint density at radius 2 is 1.81 bits per heavy atom. The van der Waals surface area contributed by atoms with Gasteiger partial charge in [-0.25, -0.2) is 0 Å². The number of para-hydroxylation sites is 1. The lowest BCUT2D eigenvalue weighted by molar-refractivity contribution is 0.674. The van der Waals surface area contributed by atoms with Gasteiger partial charge in [0, 0.05) is 28.9 Å². The van der Waals surface area contributed by atoms with E-state index in [0.29, 0.717) is 0 Å². The van der Waals surface area contributed by atoms with Crippen molar-refractivity contribution in [2.24, 2.45) is 0 Å². The third kappa shape index (κ3) is 4.32. The summed E-state index contributed by atoms with van der Waals surface area (Å²) in [6, 6.07) is 17.1. The Morgan fingerprint density at radius 3 is 2.48 bits per heavy atom. The van der Waals surface area contributed by atoms with Crippen molar-refractivity contribution in [3.63, 3.8) is 0 Å². The summed E-state index contributed by atoms with van der Waals surface area (Å²) in [5, 5.41) is 3.50. The maximum atomic E-state index is 3.60. The number of rotatable bonds is 7. The summed E-state index contributed by atoms with van der Waals surface area (Å²) >= 11 is 3.60. The van der Waals surface area contributed by atoms with Gasteiger partial charge in [-0.1, -0.05) is 47.1 Å². The smallest absolute Gasteiger partial charge is 0.0467 e. The Kier molecular flexibility index (Phi) is 6.27. The van der Waals surface area contributed by atoms with Crippen molar-refractivity contribution in [2.45, 2.75) is 26.8 Å². The van der Waals surface area contributed by atoms with Crippen molar-refractivity contribution in [1.82, 2.24) is 5.32 Å². The molecular formula is C18H23BrN2. The highest BCUT2D eigenvalue weighted by Crippen LogP contribution is 2.31. The molecule has 0 aliphatic heterocycles. The highest BCUT2D eigenvalue weighted by atomic mass is 79.9. The number of nitrogens with zero attached hydrogens (tertiary/aromatic N) is 1. The Morgan fingerprint density at radius 1 is 1.05 bits per heavy atom. The lowest BCUT2D eigenvalue weighted by atomic mass is 10.1. The van der Waals surface area contributed by atoms with Crippen LogP contribution in [0.2, 0.25) is 0 Å². The van der Waals surface area contributed by atoms with Crippen LogP contribution in [0.4, 0.5) is 11.4 Å². The van der Waals surface area contributed by atoms with Crippen molar-refractivity contribution < 1.29 is 0 Å². The van der Waals surface area contributed by atoms with Gasteiger partial charge in [0.1, 0.15) is 0 Å². The van der Waals surface area contributed by atoms with E-state index in [0.717, 1.165) is 30.5 Å². The van der Waals surface area contributed by atoms with Crippen molar-refractivity contribution in [2.75, 3.05) is 18.0 Å². The first-order valence-corrected chi connectivity index (χ1v) is 8.37. The van der Waals surface area contributed by atoms with E-state index in [9.17, 15) is 0 Å². The molecule has 0 radical (unpaired) electrons. The van der Waals surface area contributed by atoms with Gasteiger partial charge in [-0.15, -0.1) is 0 Å². The number of hydrogen-bond donors (Lipinski definition) is 1. The normalized spacial score (nSPS) is 10.6. The molecule has 0 bridgehead atoms. The van der Waals surface area contributed by atoms with Crippen LogP contribution < -0.4 is 10.2 Å². The van der Waals surface area contributed by atoms with E-state index in [-0.39, 0.29) is 0 Å². The van der Waals surface area contributed by atoms with Gasteiger partial charge in [0.25, 0.3) is 0 Å². The fourth-order valence-corrected chi connectivity index (χ4v) is 2.79. The summed E-state index contributed by atoms with van der Waals surface area (Å²) < 4.78 is 1.12. The van der Waals surface area contributed by atoms with E-state index in [2.05, 4.69) is 88.5 Å². The van der Waals surface area contributed by atoms with Crippen molar-refractivity contribution in [3.8, 4) is 0 Å². The predicted octanol–water partition coefficient (Wildman–Crippen LogP) is 5.11. The number of nitrogens with one attached hydrogen (secondary N) is 1. The van der Waals surface area contributed by atoms with Crippen LogP contribution in [-0.2, 0) is 6.54 Å². The first-order valence-electron chi connectivity index (χ1n) is 7.58. The maximum absolute atomic E-state index is 3.60. The van der Waals surface area contributed by atoms with Gasteiger partial charge in [0.2, 0.25) is 0 Å². The van der Waals surface area contributed by atoms with Gasteiger partial charge in [0.05, 0.1) is 0 Å². The molecule has 0 saturated carbocycles. The second kappa shape index (κ2) is 8.20. The van der Waals surface area contributed by atoms with E-state index < -0.39 is 0 Å². The zero-order chi connectivity index (χ0) is 15.1. The lowest BCUT2D eigenvalue weighted by Crippen LogP contribution is -2.21. The maximum Gasteiger partial charge on any atom is 0.0467 e. The molecule has 0 atom stereocenters. The number of benzene rings is 2. The molecule has 0 aromatic heterocycles. The van der Waals surface area contributed by atoms with Crippen molar-refractivity contribution in [3.05, 3.63) is 58.6 Å². The van der Waals surface area contributed by atoms with E-state index in [1.165, 1.54) is 16.9 Å². The van der Waals surface area contributed by atoms with Gasteiger partial charge in [-0.05, 0) is 49.7 Å². The number of anilines is 2. The molecule has 0 amide bonds. The van der Waals surface area contributed by atoms with Crippen molar-refractivity contribution in [1.29, 1.82) is 0 Å². The predicted molar refractivity (Wildman–Crippen MR) is 95.3 cm³/mol. The molecule has 2 rings (SSSR count). The van der Waals surface area contributed by atoms with Crippen LogP contribution in [-0.4, -0.2) is 13.1 Å². The summed E-state index contributed by atoms with van der Waals surface area (Å²) in [6.07, 6.45) is 1.15. The molecule has 3 heteroatoms. The summed E-state index contributed by atoms with van der Waals surface area (Å²) in [6.45, 7) is 7.28. The first-order chi connectivity index (χ1) is 10.3. The van der Waals surface area contributed by atoms with Crippen LogP contribution in [0, 0.1) is 0 Å². The van der Waals surface area contributed by atoms with Crippen LogP contribution in [0.1, 0.15) is 25.8 Å². The van der Waals surface area contributed by atoms with Crippen LogP contribution in [0.15, 0.2) is 53.0 Å². The summed E-state index contributed by atoms with van der Waals surface area (Å²) in [5.74, 6) is 0. The molecular weight excluding hydrogens is 324 g/mol. The second-order valence-electron chi connectivity index (χ2n) is 5.03. The molecule has 21 heavy (non-hydrogen) atoms. The molecule has 2 aromatic carbocycles. The van der Waals surface area contributed by atoms with E-state index in [1.807, 2.05) is 0 Å². The van der Waals surface area contributed by atoms with Gasteiger partial charge in [0.15, 0.2) is 0 Å². The standard InChI is InChI=1S/C18H23BrN2/c1-3-12-20-14-15-10-11-16(19)13-18(15)21(4-2)17-8-6-5-7-9-17/h5-11,13,20H,3-4,12,14H2,1-2H3. The first kappa shape index (κ1) is 16.1.